The molecule has 0 heterocycles. The molecular formula is C15H24N2O8. The van der Waals surface area contributed by atoms with Gasteiger partial charge in [0.25, 0.3) is 0 Å². The van der Waals surface area contributed by atoms with Crippen molar-refractivity contribution in [3.05, 3.63) is 0 Å². The lowest BCUT2D eigenvalue weighted by atomic mass is 10.4. The maximum Gasteiger partial charge on any atom is 0.319 e. The minimum Gasteiger partial charge on any atom is -0.468 e. The molecule has 0 N–H and O–H groups in total. The zero-order chi connectivity index (χ0) is 19.0. The van der Waals surface area contributed by atoms with Gasteiger partial charge in [-0.3, -0.25) is 29.0 Å². The van der Waals surface area contributed by atoms with Gasteiger partial charge in [-0.1, -0.05) is 0 Å². The number of carbonyl (C=O) groups excluding carboxylic acids is 4. The first-order valence-corrected chi connectivity index (χ1v) is 7.61. The highest BCUT2D eigenvalue weighted by molar-refractivity contribution is 5.76. The van der Waals surface area contributed by atoms with Crippen molar-refractivity contribution in [1.29, 1.82) is 0 Å². The minimum absolute atomic E-state index is 0.100. The Balaban J connectivity index is 2.80. The molecule has 1 rings (SSSR count). The van der Waals surface area contributed by atoms with Crippen LogP contribution in [0.3, 0.4) is 0 Å². The van der Waals surface area contributed by atoms with E-state index in [1.165, 1.54) is 28.4 Å². The van der Waals surface area contributed by atoms with E-state index in [0.717, 1.165) is 0 Å². The second kappa shape index (κ2) is 9.94. The van der Waals surface area contributed by atoms with Crippen molar-refractivity contribution in [2.75, 3.05) is 54.6 Å². The number of methoxy groups -OCH3 is 4. The predicted molar refractivity (Wildman–Crippen MR) is 83.4 cm³/mol. The van der Waals surface area contributed by atoms with Crippen molar-refractivity contribution in [2.24, 2.45) is 0 Å². The van der Waals surface area contributed by atoms with E-state index < -0.39 is 23.9 Å². The Morgan fingerprint density at radius 3 is 1.08 bits per heavy atom. The summed E-state index contributed by atoms with van der Waals surface area (Å²) < 4.78 is 18.6. The Morgan fingerprint density at radius 2 is 0.880 bits per heavy atom. The second-order valence-corrected chi connectivity index (χ2v) is 5.48. The zero-order valence-electron chi connectivity index (χ0n) is 14.9. The third-order valence-electron chi connectivity index (χ3n) is 3.90. The summed E-state index contributed by atoms with van der Waals surface area (Å²) in [6, 6.07) is -0.403. The van der Waals surface area contributed by atoms with Crippen LogP contribution in [-0.4, -0.2) is 100 Å². The maximum absolute atomic E-state index is 11.6. The van der Waals surface area contributed by atoms with Crippen LogP contribution in [0.1, 0.15) is 6.42 Å². The number of ether oxygens (including phenoxy) is 4. The van der Waals surface area contributed by atoms with Gasteiger partial charge in [-0.2, -0.15) is 0 Å². The largest absolute Gasteiger partial charge is 0.468 e. The van der Waals surface area contributed by atoms with Crippen LogP contribution in [0, 0.1) is 0 Å². The third kappa shape index (κ3) is 6.67. The number of esters is 4. The average molecular weight is 360 g/mol. The molecule has 2 unspecified atom stereocenters. The fraction of sp³-hybridized carbons (Fsp3) is 0.733. The van der Waals surface area contributed by atoms with Gasteiger partial charge >= 0.3 is 23.9 Å². The fourth-order valence-electron chi connectivity index (χ4n) is 2.46. The highest BCUT2D eigenvalue weighted by Gasteiger charge is 2.47. The Morgan fingerprint density at radius 1 is 0.640 bits per heavy atom. The van der Waals surface area contributed by atoms with Gasteiger partial charge in [-0.25, -0.2) is 0 Å². The number of nitrogens with zero attached hydrogens (tertiary/aromatic N) is 2. The molecule has 1 aliphatic rings. The molecule has 0 radical (unpaired) electrons. The smallest absolute Gasteiger partial charge is 0.319 e. The second-order valence-electron chi connectivity index (χ2n) is 5.48. The molecule has 0 aromatic carbocycles. The molecule has 0 aromatic heterocycles. The SMILES string of the molecule is COC(=O)CN(CC(=O)OC)C1CC1N(CC(=O)OC)CC(=O)OC. The molecule has 0 bridgehead atoms. The first-order valence-electron chi connectivity index (χ1n) is 7.61. The predicted octanol–water partition coefficient (Wildman–Crippen LogP) is -1.58. The molecule has 25 heavy (non-hydrogen) atoms. The van der Waals surface area contributed by atoms with Crippen LogP contribution in [-0.2, 0) is 38.1 Å². The Bertz CT molecular complexity index is 430. The Kier molecular flexibility index (Phi) is 8.29. The van der Waals surface area contributed by atoms with Gasteiger partial charge in [0.2, 0.25) is 0 Å². The quantitative estimate of drug-likeness (QED) is 0.334. The van der Waals surface area contributed by atoms with Crippen LogP contribution in [0.25, 0.3) is 0 Å². The standard InChI is InChI=1S/C15H24N2O8/c1-22-12(18)6-16(7-13(19)23-2)10-5-11(10)17(8-14(20)24-3)9-15(21)25-4/h10-11H,5-9H2,1-4H3. The molecule has 0 amide bonds. The molecular weight excluding hydrogens is 336 g/mol. The van der Waals surface area contributed by atoms with Gasteiger partial charge in [0.05, 0.1) is 54.6 Å². The van der Waals surface area contributed by atoms with Crippen LogP contribution in [0.2, 0.25) is 0 Å². The van der Waals surface area contributed by atoms with Crippen LogP contribution >= 0.6 is 0 Å². The highest BCUT2D eigenvalue weighted by atomic mass is 16.5. The number of carbonyl (C=O) groups is 4. The lowest BCUT2D eigenvalue weighted by Crippen LogP contribution is -2.44. The molecule has 0 spiro atoms. The van der Waals surface area contributed by atoms with Crippen molar-refractivity contribution in [1.82, 2.24) is 9.80 Å². The maximum atomic E-state index is 11.6. The third-order valence-corrected chi connectivity index (χ3v) is 3.90. The van der Waals surface area contributed by atoms with Crippen LogP contribution in [0.15, 0.2) is 0 Å². The van der Waals surface area contributed by atoms with Crippen molar-refractivity contribution < 1.29 is 38.1 Å². The van der Waals surface area contributed by atoms with Crippen LogP contribution in [0.4, 0.5) is 0 Å². The van der Waals surface area contributed by atoms with E-state index in [4.69, 9.17) is 0 Å². The van der Waals surface area contributed by atoms with Gasteiger partial charge in [-0.15, -0.1) is 0 Å². The molecule has 10 nitrogen and oxygen atoms in total. The number of hydrogen-bond donors (Lipinski definition) is 0. The van der Waals surface area contributed by atoms with Crippen LogP contribution < -0.4 is 0 Å². The fourth-order valence-corrected chi connectivity index (χ4v) is 2.46. The summed E-state index contributed by atoms with van der Waals surface area (Å²) in [6.07, 6.45) is 0.571. The molecule has 0 aromatic rings. The first kappa shape index (κ1) is 20.8. The molecule has 1 aliphatic carbocycles. The summed E-state index contributed by atoms with van der Waals surface area (Å²) in [4.78, 5) is 49.5. The van der Waals surface area contributed by atoms with Crippen molar-refractivity contribution in [3.8, 4) is 0 Å². The molecule has 1 saturated carbocycles. The van der Waals surface area contributed by atoms with Gasteiger partial charge < -0.3 is 18.9 Å². The lowest BCUT2D eigenvalue weighted by molar-refractivity contribution is -0.149. The summed E-state index contributed by atoms with van der Waals surface area (Å²) in [5, 5.41) is 0. The average Bonchev–Trinajstić information content (AvgIpc) is 3.40. The number of hydrogen-bond acceptors (Lipinski definition) is 10. The molecule has 1 fully saturated rings. The van der Waals surface area contributed by atoms with E-state index in [9.17, 15) is 19.2 Å². The lowest BCUT2D eigenvalue weighted by Gasteiger charge is -2.24. The molecule has 142 valence electrons. The van der Waals surface area contributed by atoms with Gasteiger partial charge in [0, 0.05) is 12.1 Å². The monoisotopic (exact) mass is 360 g/mol. The molecule has 0 aliphatic heterocycles. The molecule has 0 saturated heterocycles. The minimum atomic E-state index is -0.498. The number of rotatable bonds is 10. The van der Waals surface area contributed by atoms with Crippen LogP contribution in [0.5, 0.6) is 0 Å². The van der Waals surface area contributed by atoms with E-state index in [2.05, 4.69) is 18.9 Å². The molecule has 10 heteroatoms. The summed E-state index contributed by atoms with van der Waals surface area (Å²) >= 11 is 0. The van der Waals surface area contributed by atoms with Crippen molar-refractivity contribution in [3.63, 3.8) is 0 Å². The normalized spacial score (nSPS) is 18.6. The Labute approximate surface area is 145 Å². The van der Waals surface area contributed by atoms with Crippen molar-refractivity contribution in [2.45, 2.75) is 18.5 Å². The molecule has 2 atom stereocenters. The first-order chi connectivity index (χ1) is 11.9. The summed E-state index contributed by atoms with van der Waals surface area (Å²) in [7, 11) is 5.02. The van der Waals surface area contributed by atoms with Gasteiger partial charge in [-0.05, 0) is 6.42 Å². The Hall–Kier alpha value is -2.20. The van der Waals surface area contributed by atoms with E-state index >= 15 is 0 Å². The summed E-state index contributed by atoms with van der Waals surface area (Å²) in [6.45, 7) is -0.401. The topological polar surface area (TPSA) is 112 Å². The van der Waals surface area contributed by atoms with E-state index in [-0.39, 0.29) is 38.3 Å². The van der Waals surface area contributed by atoms with E-state index in [1.807, 2.05) is 0 Å². The van der Waals surface area contributed by atoms with E-state index in [1.54, 1.807) is 9.80 Å². The van der Waals surface area contributed by atoms with Gasteiger partial charge in [0.15, 0.2) is 0 Å². The van der Waals surface area contributed by atoms with Gasteiger partial charge in [0.1, 0.15) is 0 Å². The zero-order valence-corrected chi connectivity index (χ0v) is 14.9. The summed E-state index contributed by atoms with van der Waals surface area (Å²) in [5.41, 5.74) is 0. The van der Waals surface area contributed by atoms with E-state index in [0.29, 0.717) is 6.42 Å². The highest BCUT2D eigenvalue weighted by Crippen LogP contribution is 2.33. The summed E-state index contributed by atoms with van der Waals surface area (Å²) in [5.74, 6) is -1.99. The van der Waals surface area contributed by atoms with Crippen molar-refractivity contribution >= 4 is 23.9 Å².